The van der Waals surface area contributed by atoms with E-state index < -0.39 is 5.97 Å². The van der Waals surface area contributed by atoms with Gasteiger partial charge in [0.15, 0.2) is 0 Å². The Morgan fingerprint density at radius 2 is 2.14 bits per heavy atom. The molecule has 28 heavy (non-hydrogen) atoms. The van der Waals surface area contributed by atoms with Crippen molar-refractivity contribution < 1.29 is 14.3 Å². The van der Waals surface area contributed by atoms with E-state index in [2.05, 4.69) is 0 Å². The van der Waals surface area contributed by atoms with E-state index in [9.17, 15) is 10.1 Å². The minimum atomic E-state index is -0.615. The van der Waals surface area contributed by atoms with Gasteiger partial charge < -0.3 is 14.4 Å². The number of allylic oxidation sites excluding steroid dienone is 3. The van der Waals surface area contributed by atoms with Crippen LogP contribution >= 0.6 is 0 Å². The second-order valence-corrected chi connectivity index (χ2v) is 6.73. The summed E-state index contributed by atoms with van der Waals surface area (Å²) in [5, 5.41) is 9.38. The summed E-state index contributed by atoms with van der Waals surface area (Å²) in [6, 6.07) is 9.71. The van der Waals surface area contributed by atoms with Crippen LogP contribution in [-0.2, 0) is 9.53 Å². The zero-order valence-corrected chi connectivity index (χ0v) is 16.4. The number of carbonyl (C=O) groups excluding carboxylic acids is 1. The highest BCUT2D eigenvalue weighted by molar-refractivity contribution is 5.93. The molecule has 1 aromatic carbocycles. The van der Waals surface area contributed by atoms with Gasteiger partial charge in [0, 0.05) is 25.2 Å². The summed E-state index contributed by atoms with van der Waals surface area (Å²) in [7, 11) is 3.84. The normalized spacial score (nSPS) is 16.3. The van der Waals surface area contributed by atoms with Crippen LogP contribution in [0.5, 0.6) is 5.75 Å². The zero-order chi connectivity index (χ0) is 20.1. The third-order valence-electron chi connectivity index (χ3n) is 4.43. The molecule has 0 amide bonds. The standard InChI is InChI=1S/C22H23N3O3/c1-4-27-22(26)16(13-23)12-15-8-7-10-18-20(24-14-25(2)3)17-9-5-6-11-19(17)28-21(15)18/h5-6,9,11-12,14H,4,7-8,10H2,1-3H3/b16-12+,24-14?. The van der Waals surface area contributed by atoms with Crippen molar-refractivity contribution in [3.05, 3.63) is 58.4 Å². The summed E-state index contributed by atoms with van der Waals surface area (Å²) < 4.78 is 11.2. The molecule has 6 heteroatoms. The summed E-state index contributed by atoms with van der Waals surface area (Å²) in [6.07, 6.45) is 5.79. The lowest BCUT2D eigenvalue weighted by atomic mass is 9.87. The average molecular weight is 377 g/mol. The number of aliphatic imine (C=N–C) groups is 1. The van der Waals surface area contributed by atoms with E-state index in [1.54, 1.807) is 19.3 Å². The first-order valence-electron chi connectivity index (χ1n) is 9.28. The molecule has 0 N–H and O–H groups in total. The fourth-order valence-electron chi connectivity index (χ4n) is 3.23. The van der Waals surface area contributed by atoms with Gasteiger partial charge in [0.2, 0.25) is 0 Å². The van der Waals surface area contributed by atoms with Gasteiger partial charge in [-0.2, -0.15) is 5.26 Å². The Morgan fingerprint density at radius 1 is 1.36 bits per heavy atom. The molecule has 0 unspecified atom stereocenters. The maximum absolute atomic E-state index is 12.0. The van der Waals surface area contributed by atoms with E-state index in [0.29, 0.717) is 5.76 Å². The molecule has 0 aromatic heterocycles. The molecule has 1 aliphatic carbocycles. The summed E-state index contributed by atoms with van der Waals surface area (Å²) >= 11 is 0. The number of para-hydroxylation sites is 1. The van der Waals surface area contributed by atoms with Crippen LogP contribution < -0.4 is 4.74 Å². The maximum Gasteiger partial charge on any atom is 0.348 e. The monoisotopic (exact) mass is 377 g/mol. The number of fused-ring (bicyclic) bond motifs is 2. The Balaban J connectivity index is 2.15. The van der Waals surface area contributed by atoms with Gasteiger partial charge in [-0.05, 0) is 50.0 Å². The molecule has 0 spiro atoms. The predicted octanol–water partition coefficient (Wildman–Crippen LogP) is 3.83. The molecule has 0 saturated carbocycles. The Kier molecular flexibility index (Phi) is 5.95. The second kappa shape index (κ2) is 8.57. The van der Waals surface area contributed by atoms with E-state index in [1.165, 1.54) is 0 Å². The number of ether oxygens (including phenoxy) is 2. The van der Waals surface area contributed by atoms with Gasteiger partial charge in [0.25, 0.3) is 0 Å². The van der Waals surface area contributed by atoms with Crippen molar-refractivity contribution in [1.82, 2.24) is 4.90 Å². The van der Waals surface area contributed by atoms with Crippen molar-refractivity contribution in [3.63, 3.8) is 0 Å². The Morgan fingerprint density at radius 3 is 2.86 bits per heavy atom. The molecule has 0 radical (unpaired) electrons. The number of rotatable bonds is 5. The second-order valence-electron chi connectivity index (χ2n) is 6.73. The molecule has 3 rings (SSSR count). The molecule has 1 heterocycles. The number of carbonyl (C=O) groups is 1. The number of hydrogen-bond donors (Lipinski definition) is 0. The van der Waals surface area contributed by atoms with E-state index in [-0.39, 0.29) is 12.2 Å². The van der Waals surface area contributed by atoms with Crippen molar-refractivity contribution in [2.75, 3.05) is 20.7 Å². The highest BCUT2D eigenvalue weighted by Gasteiger charge is 2.29. The Bertz CT molecular complexity index is 946. The first-order chi connectivity index (χ1) is 13.5. The van der Waals surface area contributed by atoms with Gasteiger partial charge in [-0.25, -0.2) is 9.79 Å². The van der Waals surface area contributed by atoms with E-state index in [0.717, 1.165) is 47.4 Å². The maximum atomic E-state index is 12.0. The first kappa shape index (κ1) is 19.4. The van der Waals surface area contributed by atoms with Crippen LogP contribution in [0.3, 0.4) is 0 Å². The van der Waals surface area contributed by atoms with Crippen LogP contribution in [0.4, 0.5) is 0 Å². The van der Waals surface area contributed by atoms with E-state index >= 15 is 0 Å². The molecule has 0 bridgehead atoms. The summed E-state index contributed by atoms with van der Waals surface area (Å²) in [5.41, 5.74) is 3.60. The summed E-state index contributed by atoms with van der Waals surface area (Å²) in [6.45, 7) is 1.94. The third kappa shape index (κ3) is 3.99. The number of nitriles is 1. The zero-order valence-electron chi connectivity index (χ0n) is 16.4. The number of nitrogens with zero attached hydrogens (tertiary/aromatic N) is 3. The molecule has 1 aromatic rings. The molecular weight excluding hydrogens is 354 g/mol. The van der Waals surface area contributed by atoms with E-state index in [1.807, 2.05) is 49.3 Å². The minimum Gasteiger partial charge on any atom is -0.462 e. The van der Waals surface area contributed by atoms with Gasteiger partial charge >= 0.3 is 5.97 Å². The number of benzene rings is 1. The minimum absolute atomic E-state index is 0.0219. The Hall–Kier alpha value is -3.33. The fourth-order valence-corrected chi connectivity index (χ4v) is 3.23. The lowest BCUT2D eigenvalue weighted by molar-refractivity contribution is -0.138. The van der Waals surface area contributed by atoms with Crippen LogP contribution in [0.15, 0.2) is 57.8 Å². The average Bonchev–Trinajstić information content (AvgIpc) is 2.69. The first-order valence-corrected chi connectivity index (χ1v) is 9.28. The molecule has 6 nitrogen and oxygen atoms in total. The molecule has 144 valence electrons. The van der Waals surface area contributed by atoms with Crippen molar-refractivity contribution in [1.29, 1.82) is 5.26 Å². The molecular formula is C22H23N3O3. The van der Waals surface area contributed by atoms with Gasteiger partial charge in [-0.1, -0.05) is 12.1 Å². The lowest BCUT2D eigenvalue weighted by Crippen LogP contribution is -2.16. The highest BCUT2D eigenvalue weighted by Crippen LogP contribution is 2.44. The Labute approximate surface area is 165 Å². The van der Waals surface area contributed by atoms with Crippen LogP contribution in [0, 0.1) is 11.3 Å². The van der Waals surface area contributed by atoms with E-state index in [4.69, 9.17) is 14.5 Å². The van der Waals surface area contributed by atoms with Crippen LogP contribution in [0.1, 0.15) is 31.7 Å². The lowest BCUT2D eigenvalue weighted by Gasteiger charge is -2.29. The van der Waals surface area contributed by atoms with Crippen LogP contribution in [-0.4, -0.2) is 37.9 Å². The van der Waals surface area contributed by atoms with Crippen LogP contribution in [0.25, 0.3) is 5.70 Å². The van der Waals surface area contributed by atoms with Gasteiger partial charge in [-0.3, -0.25) is 0 Å². The smallest absolute Gasteiger partial charge is 0.348 e. The van der Waals surface area contributed by atoms with Crippen molar-refractivity contribution in [2.45, 2.75) is 26.2 Å². The van der Waals surface area contributed by atoms with Gasteiger partial charge in [-0.15, -0.1) is 0 Å². The molecule has 2 aliphatic rings. The molecule has 0 fully saturated rings. The summed E-state index contributed by atoms with van der Waals surface area (Å²) in [4.78, 5) is 18.6. The SMILES string of the molecule is CCOC(=O)/C(C#N)=C/C1=C2Oc3ccccc3C(N=CN(C)C)=C2CCC1. The van der Waals surface area contributed by atoms with Crippen molar-refractivity contribution in [3.8, 4) is 11.8 Å². The topological polar surface area (TPSA) is 74.9 Å². The van der Waals surface area contributed by atoms with Crippen molar-refractivity contribution >= 4 is 18.0 Å². The molecule has 1 aliphatic heterocycles. The fraction of sp³-hybridized carbons (Fsp3) is 0.318. The predicted molar refractivity (Wildman–Crippen MR) is 107 cm³/mol. The number of hydrogen-bond acceptors (Lipinski definition) is 5. The molecule has 0 atom stereocenters. The third-order valence-corrected chi connectivity index (χ3v) is 4.43. The largest absolute Gasteiger partial charge is 0.462 e. The quantitative estimate of drug-likeness (QED) is 0.256. The number of esters is 1. The highest BCUT2D eigenvalue weighted by atomic mass is 16.5. The van der Waals surface area contributed by atoms with Gasteiger partial charge in [0.1, 0.15) is 23.2 Å². The van der Waals surface area contributed by atoms with Gasteiger partial charge in [0.05, 0.1) is 18.6 Å². The molecule has 0 saturated heterocycles. The summed E-state index contributed by atoms with van der Waals surface area (Å²) in [5.74, 6) is 0.791. The van der Waals surface area contributed by atoms with Crippen molar-refractivity contribution in [2.24, 2.45) is 4.99 Å². The van der Waals surface area contributed by atoms with Crippen LogP contribution in [0.2, 0.25) is 0 Å².